The molecule has 0 amide bonds. The van der Waals surface area contributed by atoms with Crippen molar-refractivity contribution >= 4 is 34.6 Å². The van der Waals surface area contributed by atoms with E-state index in [1.165, 1.54) is 0 Å². The number of pyridine rings is 1. The van der Waals surface area contributed by atoms with E-state index in [0.717, 1.165) is 42.5 Å². The summed E-state index contributed by atoms with van der Waals surface area (Å²) < 4.78 is 1.94. The minimum atomic E-state index is 0.109. The highest BCUT2D eigenvalue weighted by atomic mass is 35.5. The van der Waals surface area contributed by atoms with Gasteiger partial charge in [-0.15, -0.1) is 0 Å². The summed E-state index contributed by atoms with van der Waals surface area (Å²) in [6, 6.07) is 13.1. The molecule has 2 atom stereocenters. The number of anilines is 1. The van der Waals surface area contributed by atoms with Gasteiger partial charge in [0.1, 0.15) is 0 Å². The van der Waals surface area contributed by atoms with Crippen molar-refractivity contribution < 1.29 is 0 Å². The van der Waals surface area contributed by atoms with Gasteiger partial charge in [-0.1, -0.05) is 17.7 Å². The highest BCUT2D eigenvalue weighted by Crippen LogP contribution is 2.35. The van der Waals surface area contributed by atoms with E-state index in [4.69, 9.17) is 23.8 Å². The van der Waals surface area contributed by atoms with E-state index in [9.17, 15) is 4.79 Å². The van der Waals surface area contributed by atoms with Gasteiger partial charge >= 0.3 is 0 Å². The van der Waals surface area contributed by atoms with Crippen LogP contribution in [0.4, 0.5) is 5.69 Å². The van der Waals surface area contributed by atoms with Crippen LogP contribution in [0.2, 0.25) is 5.02 Å². The average Bonchev–Trinajstić information content (AvgIpc) is 2.58. The number of benzene rings is 1. The number of fused-ring (bicyclic) bond motifs is 4. The fourth-order valence-electron chi connectivity index (χ4n) is 3.80. The Morgan fingerprint density at radius 1 is 1.12 bits per heavy atom. The van der Waals surface area contributed by atoms with Crippen LogP contribution in [0.15, 0.2) is 47.3 Å². The van der Waals surface area contributed by atoms with Crippen molar-refractivity contribution in [1.82, 2.24) is 9.47 Å². The van der Waals surface area contributed by atoms with Crippen LogP contribution in [-0.2, 0) is 6.54 Å². The first-order valence-corrected chi connectivity index (χ1v) is 8.90. The smallest absolute Gasteiger partial charge is 0.250 e. The quantitative estimate of drug-likeness (QED) is 0.792. The Labute approximate surface area is 151 Å². The van der Waals surface area contributed by atoms with Crippen LogP contribution in [0.1, 0.15) is 18.0 Å². The van der Waals surface area contributed by atoms with Gasteiger partial charge in [-0.3, -0.25) is 4.79 Å². The summed E-state index contributed by atoms with van der Waals surface area (Å²) in [5.74, 6) is 0.817. The fraction of sp³-hybridized carbons (Fsp3) is 0.333. The molecule has 4 rings (SSSR count). The summed E-state index contributed by atoms with van der Waals surface area (Å²) in [4.78, 5) is 14.3. The molecule has 0 unspecified atom stereocenters. The number of piperidine rings is 1. The van der Waals surface area contributed by atoms with E-state index >= 15 is 0 Å². The minimum Gasteiger partial charge on any atom is -0.348 e. The van der Waals surface area contributed by atoms with Gasteiger partial charge in [0.2, 0.25) is 0 Å². The van der Waals surface area contributed by atoms with Crippen LogP contribution in [-0.4, -0.2) is 27.7 Å². The highest BCUT2D eigenvalue weighted by molar-refractivity contribution is 7.80. The molecule has 2 aromatic rings. The normalized spacial score (nSPS) is 22.0. The van der Waals surface area contributed by atoms with E-state index in [1.54, 1.807) is 6.07 Å². The van der Waals surface area contributed by atoms with Gasteiger partial charge in [0.05, 0.1) is 0 Å². The lowest BCUT2D eigenvalue weighted by Crippen LogP contribution is -2.50. The van der Waals surface area contributed by atoms with Crippen LogP contribution < -0.4 is 10.9 Å². The number of hydrogen-bond acceptors (Lipinski definition) is 2. The predicted octanol–water partition coefficient (Wildman–Crippen LogP) is 3.32. The van der Waals surface area contributed by atoms with E-state index in [-0.39, 0.29) is 5.56 Å². The van der Waals surface area contributed by atoms with Crippen molar-refractivity contribution in [3.8, 4) is 0 Å². The number of nitrogens with zero attached hydrogens (tertiary/aromatic N) is 2. The maximum Gasteiger partial charge on any atom is 0.250 e. The van der Waals surface area contributed by atoms with Crippen LogP contribution in [0.3, 0.4) is 0 Å². The lowest BCUT2D eigenvalue weighted by atomic mass is 9.83. The second kappa shape index (κ2) is 6.22. The van der Waals surface area contributed by atoms with Gasteiger partial charge in [-0.2, -0.15) is 0 Å². The maximum absolute atomic E-state index is 12.1. The number of nitrogens with one attached hydrogen (secondary N) is 1. The fourth-order valence-corrected chi connectivity index (χ4v) is 4.19. The summed E-state index contributed by atoms with van der Waals surface area (Å²) in [6.45, 7) is 2.52. The molecular formula is C18H18ClN3OS. The Hall–Kier alpha value is -1.85. The second-order valence-corrected chi connectivity index (χ2v) is 7.36. The second-order valence-electron chi connectivity index (χ2n) is 6.54. The Bertz CT molecular complexity index is 833. The number of halogens is 1. The first-order valence-electron chi connectivity index (χ1n) is 8.11. The molecule has 0 saturated carbocycles. The van der Waals surface area contributed by atoms with Crippen molar-refractivity contribution in [2.45, 2.75) is 18.9 Å². The lowest BCUT2D eigenvalue weighted by Gasteiger charge is -2.43. The van der Waals surface area contributed by atoms with E-state index in [2.05, 4.69) is 16.3 Å². The summed E-state index contributed by atoms with van der Waals surface area (Å²) in [5, 5.41) is 4.74. The molecule has 3 heterocycles. The third-order valence-corrected chi connectivity index (χ3v) is 5.47. The van der Waals surface area contributed by atoms with Gasteiger partial charge < -0.3 is 14.8 Å². The molecule has 2 aliphatic heterocycles. The predicted molar refractivity (Wildman–Crippen MR) is 101 cm³/mol. The van der Waals surface area contributed by atoms with Gasteiger partial charge in [0.15, 0.2) is 5.11 Å². The summed E-state index contributed by atoms with van der Waals surface area (Å²) in [5.41, 5.74) is 2.19. The Morgan fingerprint density at radius 2 is 1.92 bits per heavy atom. The van der Waals surface area contributed by atoms with Crippen molar-refractivity contribution in [2.24, 2.45) is 5.92 Å². The molecule has 4 nitrogen and oxygen atoms in total. The zero-order valence-electron chi connectivity index (χ0n) is 13.1. The van der Waals surface area contributed by atoms with Crippen molar-refractivity contribution in [1.29, 1.82) is 0 Å². The van der Waals surface area contributed by atoms with Crippen LogP contribution in [0.25, 0.3) is 0 Å². The molecular weight excluding hydrogens is 342 g/mol. The molecule has 0 radical (unpaired) electrons. The molecule has 6 heteroatoms. The number of aromatic nitrogens is 1. The van der Waals surface area contributed by atoms with Crippen molar-refractivity contribution in [3.63, 3.8) is 0 Å². The number of thiocarbonyl (C=S) groups is 1. The first-order chi connectivity index (χ1) is 11.6. The molecule has 24 heavy (non-hydrogen) atoms. The molecule has 1 N–H and O–H groups in total. The SMILES string of the molecule is O=c1cccc2n1C[C@@H]1C[C@@H]2CN(C(=S)Nc2ccc(Cl)cc2)C1. The van der Waals surface area contributed by atoms with E-state index in [0.29, 0.717) is 16.9 Å². The Kier molecular flexibility index (Phi) is 4.06. The number of likely N-dealkylation sites (tertiary alicyclic amines) is 1. The lowest BCUT2D eigenvalue weighted by molar-refractivity contribution is 0.180. The highest BCUT2D eigenvalue weighted by Gasteiger charge is 2.35. The van der Waals surface area contributed by atoms with Crippen molar-refractivity contribution in [2.75, 3.05) is 18.4 Å². The monoisotopic (exact) mass is 359 g/mol. The van der Waals surface area contributed by atoms with Gasteiger partial charge in [-0.05, 0) is 54.9 Å². The van der Waals surface area contributed by atoms with Gasteiger partial charge in [0, 0.05) is 48.0 Å². The molecule has 0 aliphatic carbocycles. The zero-order valence-corrected chi connectivity index (χ0v) is 14.7. The third-order valence-electron chi connectivity index (χ3n) is 4.86. The molecule has 2 bridgehead atoms. The number of rotatable bonds is 1. The molecule has 0 spiro atoms. The molecule has 2 aliphatic rings. The zero-order chi connectivity index (χ0) is 16.7. The molecule has 1 saturated heterocycles. The molecule has 1 aromatic heterocycles. The molecule has 1 fully saturated rings. The van der Waals surface area contributed by atoms with Crippen LogP contribution >= 0.6 is 23.8 Å². The summed E-state index contributed by atoms with van der Waals surface area (Å²) in [6.07, 6.45) is 1.13. The van der Waals surface area contributed by atoms with Crippen LogP contribution in [0, 0.1) is 5.92 Å². The van der Waals surface area contributed by atoms with E-state index < -0.39 is 0 Å². The standard InChI is InChI=1S/C18H18ClN3OS/c19-14-4-6-15(7-5-14)20-18(24)21-9-12-8-13(11-21)16-2-1-3-17(23)22(16)10-12/h1-7,12-13H,8-11H2,(H,20,24)/t12-,13-/m1/s1. The van der Waals surface area contributed by atoms with Crippen molar-refractivity contribution in [3.05, 3.63) is 63.5 Å². The Balaban J connectivity index is 1.52. The first kappa shape index (κ1) is 15.7. The average molecular weight is 360 g/mol. The topological polar surface area (TPSA) is 37.3 Å². The maximum atomic E-state index is 12.1. The number of hydrogen-bond donors (Lipinski definition) is 1. The van der Waals surface area contributed by atoms with Crippen LogP contribution in [0.5, 0.6) is 0 Å². The molecule has 124 valence electrons. The summed E-state index contributed by atoms with van der Waals surface area (Å²) in [7, 11) is 0. The minimum absolute atomic E-state index is 0.109. The largest absolute Gasteiger partial charge is 0.348 e. The van der Waals surface area contributed by atoms with Gasteiger partial charge in [-0.25, -0.2) is 0 Å². The molecule has 1 aromatic carbocycles. The third kappa shape index (κ3) is 2.94. The van der Waals surface area contributed by atoms with E-state index in [1.807, 2.05) is 34.9 Å². The summed E-state index contributed by atoms with van der Waals surface area (Å²) >= 11 is 11.5. The van der Waals surface area contributed by atoms with Gasteiger partial charge in [0.25, 0.3) is 5.56 Å². The Morgan fingerprint density at radius 3 is 2.71 bits per heavy atom.